The number of amides is 1. The van der Waals surface area contributed by atoms with Gasteiger partial charge in [0.25, 0.3) is 5.91 Å². The first kappa shape index (κ1) is 23.3. The van der Waals surface area contributed by atoms with Crippen molar-refractivity contribution in [3.8, 4) is 0 Å². The number of allylic oxidation sites excluding steroid dienone is 1. The van der Waals surface area contributed by atoms with Crippen LogP contribution in [0.4, 0.5) is 19.1 Å². The summed E-state index contributed by atoms with van der Waals surface area (Å²) in [5, 5.41) is 10.5. The van der Waals surface area contributed by atoms with E-state index in [2.05, 4.69) is 42.6 Å². The van der Waals surface area contributed by atoms with Gasteiger partial charge in [-0.15, -0.1) is 0 Å². The number of halogens is 3. The van der Waals surface area contributed by atoms with E-state index in [0.29, 0.717) is 29.6 Å². The topological polar surface area (TPSA) is 104 Å². The molecule has 1 fully saturated rings. The lowest BCUT2D eigenvalue weighted by Crippen LogP contribution is -2.43. The summed E-state index contributed by atoms with van der Waals surface area (Å²) in [4.78, 5) is 26.6. The number of nitrogens with zero attached hydrogens (tertiary/aromatic N) is 5. The number of aryl methyl sites for hydroxylation is 1. The SMILES string of the molecule is C[C@H](Nc1ncc2c(C3=Cc4c(C(=O)NC5CCN(C)CC5)cnn4CC3)c[nH]c2n1)C(F)(F)F. The van der Waals surface area contributed by atoms with Crippen molar-refractivity contribution in [1.82, 2.24) is 34.9 Å². The van der Waals surface area contributed by atoms with Crippen LogP contribution in [-0.2, 0) is 6.54 Å². The quantitative estimate of drug-likeness (QED) is 0.509. The molecule has 2 aliphatic heterocycles. The molecule has 35 heavy (non-hydrogen) atoms. The number of alkyl halides is 3. The Balaban J connectivity index is 1.37. The Bertz CT molecular complexity index is 1270. The van der Waals surface area contributed by atoms with E-state index in [9.17, 15) is 18.0 Å². The maximum absolute atomic E-state index is 13.0. The van der Waals surface area contributed by atoms with E-state index in [1.165, 1.54) is 6.20 Å². The maximum atomic E-state index is 13.0. The molecular formula is C23H27F3N8O. The summed E-state index contributed by atoms with van der Waals surface area (Å²) in [6.07, 6.45) is 4.96. The molecule has 1 amide bonds. The van der Waals surface area contributed by atoms with Gasteiger partial charge in [0.1, 0.15) is 11.7 Å². The molecule has 3 aromatic rings. The third-order valence-corrected chi connectivity index (χ3v) is 6.70. The third-order valence-electron chi connectivity index (χ3n) is 6.70. The molecule has 5 heterocycles. The Morgan fingerprint density at radius 1 is 1.23 bits per heavy atom. The number of fused-ring (bicyclic) bond motifs is 2. The van der Waals surface area contributed by atoms with E-state index < -0.39 is 12.2 Å². The number of anilines is 1. The highest BCUT2D eigenvalue weighted by molar-refractivity contribution is 6.01. The van der Waals surface area contributed by atoms with Crippen LogP contribution >= 0.6 is 0 Å². The molecule has 1 atom stereocenters. The highest BCUT2D eigenvalue weighted by Gasteiger charge is 2.36. The minimum absolute atomic E-state index is 0.0979. The molecule has 0 aromatic carbocycles. The van der Waals surface area contributed by atoms with Gasteiger partial charge in [-0.25, -0.2) is 4.98 Å². The molecule has 0 spiro atoms. The average Bonchev–Trinajstić information content (AvgIpc) is 3.43. The minimum atomic E-state index is -4.40. The second-order valence-electron chi connectivity index (χ2n) is 9.20. The monoisotopic (exact) mass is 488 g/mol. The first-order valence-electron chi connectivity index (χ1n) is 11.6. The number of carbonyl (C=O) groups is 1. The zero-order valence-electron chi connectivity index (χ0n) is 19.5. The number of nitrogens with one attached hydrogen (secondary N) is 3. The molecule has 2 aliphatic rings. The number of carbonyl (C=O) groups excluding carboxylic acids is 1. The van der Waals surface area contributed by atoms with Gasteiger partial charge in [0, 0.05) is 35.9 Å². The molecular weight excluding hydrogens is 461 g/mol. The largest absolute Gasteiger partial charge is 0.408 e. The fraction of sp³-hybridized carbons (Fsp3) is 0.478. The van der Waals surface area contributed by atoms with Crippen molar-refractivity contribution in [2.24, 2.45) is 0 Å². The van der Waals surface area contributed by atoms with Gasteiger partial charge in [0.15, 0.2) is 0 Å². The van der Waals surface area contributed by atoms with Crippen molar-refractivity contribution >= 4 is 34.5 Å². The number of rotatable bonds is 5. The van der Waals surface area contributed by atoms with Gasteiger partial charge < -0.3 is 20.5 Å². The fourth-order valence-corrected chi connectivity index (χ4v) is 4.51. The Morgan fingerprint density at radius 3 is 2.74 bits per heavy atom. The molecule has 3 N–H and O–H groups in total. The highest BCUT2D eigenvalue weighted by Crippen LogP contribution is 2.33. The van der Waals surface area contributed by atoms with Crippen LogP contribution in [0.5, 0.6) is 0 Å². The first-order valence-corrected chi connectivity index (χ1v) is 11.6. The summed E-state index contributed by atoms with van der Waals surface area (Å²) >= 11 is 0. The summed E-state index contributed by atoms with van der Waals surface area (Å²) in [6.45, 7) is 3.54. The number of hydrogen-bond donors (Lipinski definition) is 3. The van der Waals surface area contributed by atoms with Crippen molar-refractivity contribution in [2.75, 3.05) is 25.5 Å². The van der Waals surface area contributed by atoms with Crippen LogP contribution in [0.15, 0.2) is 18.6 Å². The summed E-state index contributed by atoms with van der Waals surface area (Å²) in [7, 11) is 2.08. The molecule has 0 bridgehead atoms. The zero-order valence-corrected chi connectivity index (χ0v) is 19.5. The van der Waals surface area contributed by atoms with Crippen LogP contribution in [0.1, 0.15) is 47.8 Å². The number of hydrogen-bond acceptors (Lipinski definition) is 6. The second-order valence-corrected chi connectivity index (χ2v) is 9.20. The normalized spacial score (nSPS) is 18.3. The number of aromatic nitrogens is 5. The Hall–Kier alpha value is -3.41. The van der Waals surface area contributed by atoms with Gasteiger partial charge >= 0.3 is 6.18 Å². The molecule has 0 radical (unpaired) electrons. The standard InChI is InChI=1S/C23H27F3N8O/c1-13(23(24,25)26)30-22-28-11-17-16(10-27-20(17)32-22)14-3-8-34-19(9-14)18(12-29-34)21(35)31-15-4-6-33(2)7-5-15/h9-13,15H,3-8H2,1-2H3,(H,31,35)(H2,27,28,30,32)/t13-/m0/s1. The van der Waals surface area contributed by atoms with Crippen LogP contribution in [0.25, 0.3) is 22.7 Å². The number of H-pyrrole nitrogens is 1. The highest BCUT2D eigenvalue weighted by atomic mass is 19.4. The van der Waals surface area contributed by atoms with Crippen molar-refractivity contribution in [3.05, 3.63) is 35.4 Å². The molecule has 186 valence electrons. The summed E-state index contributed by atoms with van der Waals surface area (Å²) in [5.41, 5.74) is 3.54. The van der Waals surface area contributed by atoms with Crippen molar-refractivity contribution in [3.63, 3.8) is 0 Å². The van der Waals surface area contributed by atoms with Gasteiger partial charge in [-0.1, -0.05) is 0 Å². The Morgan fingerprint density at radius 2 is 2.00 bits per heavy atom. The lowest BCUT2D eigenvalue weighted by Gasteiger charge is -2.29. The average molecular weight is 489 g/mol. The van der Waals surface area contributed by atoms with Gasteiger partial charge in [-0.2, -0.15) is 23.3 Å². The van der Waals surface area contributed by atoms with Crippen molar-refractivity contribution in [1.29, 1.82) is 0 Å². The van der Waals surface area contributed by atoms with E-state index in [0.717, 1.165) is 49.7 Å². The molecule has 5 rings (SSSR count). The Labute approximate surface area is 199 Å². The van der Waals surface area contributed by atoms with E-state index in [-0.39, 0.29) is 17.9 Å². The lowest BCUT2D eigenvalue weighted by atomic mass is 9.98. The van der Waals surface area contributed by atoms with Crippen molar-refractivity contribution < 1.29 is 18.0 Å². The van der Waals surface area contributed by atoms with E-state index in [1.54, 1.807) is 12.4 Å². The van der Waals surface area contributed by atoms with Gasteiger partial charge in [-0.05, 0) is 58.0 Å². The van der Waals surface area contributed by atoms with Crippen LogP contribution in [0.3, 0.4) is 0 Å². The molecule has 1 saturated heterocycles. The predicted octanol–water partition coefficient (Wildman–Crippen LogP) is 3.29. The number of likely N-dealkylation sites (tertiary alicyclic amines) is 1. The molecule has 12 heteroatoms. The Kier molecular flexibility index (Phi) is 5.99. The predicted molar refractivity (Wildman–Crippen MR) is 126 cm³/mol. The van der Waals surface area contributed by atoms with E-state index >= 15 is 0 Å². The zero-order chi connectivity index (χ0) is 24.7. The fourth-order valence-electron chi connectivity index (χ4n) is 4.51. The summed E-state index contributed by atoms with van der Waals surface area (Å²) in [5.74, 6) is -0.227. The second kappa shape index (κ2) is 8.99. The van der Waals surface area contributed by atoms with E-state index in [1.807, 2.05) is 10.8 Å². The smallest absolute Gasteiger partial charge is 0.349 e. The maximum Gasteiger partial charge on any atom is 0.408 e. The molecule has 0 aliphatic carbocycles. The van der Waals surface area contributed by atoms with Gasteiger partial charge in [0.05, 0.1) is 17.5 Å². The van der Waals surface area contributed by atoms with Crippen LogP contribution in [0, 0.1) is 0 Å². The molecule has 9 nitrogen and oxygen atoms in total. The third kappa shape index (κ3) is 4.75. The summed E-state index contributed by atoms with van der Waals surface area (Å²) in [6, 6.07) is -1.62. The summed E-state index contributed by atoms with van der Waals surface area (Å²) < 4.78 is 40.4. The van der Waals surface area contributed by atoms with Gasteiger partial charge in [-0.3, -0.25) is 9.48 Å². The lowest BCUT2D eigenvalue weighted by molar-refractivity contribution is -0.138. The number of aromatic amines is 1. The van der Waals surface area contributed by atoms with Crippen LogP contribution < -0.4 is 10.6 Å². The number of piperidine rings is 1. The first-order chi connectivity index (χ1) is 16.7. The van der Waals surface area contributed by atoms with Crippen molar-refractivity contribution in [2.45, 2.75) is 51.0 Å². The van der Waals surface area contributed by atoms with Gasteiger partial charge in [0.2, 0.25) is 5.95 Å². The van der Waals surface area contributed by atoms with Crippen LogP contribution in [0.2, 0.25) is 0 Å². The molecule has 3 aromatic heterocycles. The molecule has 0 unspecified atom stereocenters. The molecule has 0 saturated carbocycles. The van der Waals surface area contributed by atoms with Crippen LogP contribution in [-0.4, -0.2) is 73.9 Å². The van der Waals surface area contributed by atoms with E-state index in [4.69, 9.17) is 0 Å². The minimum Gasteiger partial charge on any atom is -0.349 e.